The highest BCUT2D eigenvalue weighted by Gasteiger charge is 2.18. The third kappa shape index (κ3) is 14.5. The Kier molecular flexibility index (Phi) is 15.3. The highest BCUT2D eigenvalue weighted by Crippen LogP contribution is 2.23. The largest absolute Gasteiger partial charge is 0.379 e. The topological polar surface area (TPSA) is 22.2 Å². The summed E-state index contributed by atoms with van der Waals surface area (Å²) in [6.45, 7) is 28.0. The fourth-order valence-electron chi connectivity index (χ4n) is 4.54. The van der Waals surface area contributed by atoms with E-state index >= 15 is 0 Å². The van der Waals surface area contributed by atoms with Crippen LogP contribution in [0.15, 0.2) is 0 Å². The summed E-state index contributed by atoms with van der Waals surface area (Å²) >= 11 is 0. The maximum atomic E-state index is 5.24. The predicted octanol–water partition coefficient (Wildman–Crippen LogP) is 3.85. The number of likely N-dealkylation sites (N-methyl/N-ethyl adjacent to an activating group) is 1. The maximum absolute atomic E-state index is 5.24. The van der Waals surface area contributed by atoms with Crippen molar-refractivity contribution in [2.24, 2.45) is 23.7 Å². The second kappa shape index (κ2) is 16.4. The molecule has 0 aromatic carbocycles. The molecule has 3 aliphatic rings. The molecule has 0 spiro atoms. The molecule has 31 heavy (non-hydrogen) atoms. The van der Waals surface area contributed by atoms with Crippen LogP contribution in [0, 0.1) is 23.7 Å². The first kappa shape index (κ1) is 28.8. The molecule has 3 heterocycles. The number of rotatable bonds is 5. The van der Waals surface area contributed by atoms with Gasteiger partial charge in [-0.3, -0.25) is 4.90 Å². The zero-order valence-electron chi connectivity index (χ0n) is 22.4. The second-order valence-corrected chi connectivity index (χ2v) is 11.2. The van der Waals surface area contributed by atoms with Gasteiger partial charge in [0.05, 0.1) is 13.2 Å². The molecule has 0 bridgehead atoms. The van der Waals surface area contributed by atoms with E-state index in [1.165, 1.54) is 65.2 Å². The van der Waals surface area contributed by atoms with Gasteiger partial charge in [0.1, 0.15) is 0 Å². The van der Waals surface area contributed by atoms with Crippen molar-refractivity contribution in [1.82, 2.24) is 19.6 Å². The van der Waals surface area contributed by atoms with Crippen molar-refractivity contribution >= 4 is 0 Å². The van der Waals surface area contributed by atoms with Crippen LogP contribution >= 0.6 is 0 Å². The van der Waals surface area contributed by atoms with Gasteiger partial charge < -0.3 is 19.4 Å². The van der Waals surface area contributed by atoms with E-state index < -0.39 is 0 Å². The Morgan fingerprint density at radius 2 is 1.03 bits per heavy atom. The summed E-state index contributed by atoms with van der Waals surface area (Å²) in [4.78, 5) is 9.86. The van der Waals surface area contributed by atoms with Gasteiger partial charge in [0.25, 0.3) is 0 Å². The Labute approximate surface area is 195 Å². The number of ether oxygens (including phenoxy) is 1. The summed E-state index contributed by atoms with van der Waals surface area (Å²) in [5.74, 6) is 3.50. The van der Waals surface area contributed by atoms with Gasteiger partial charge >= 0.3 is 0 Å². The van der Waals surface area contributed by atoms with Gasteiger partial charge in [-0.1, -0.05) is 41.5 Å². The number of morpholine rings is 1. The molecule has 5 heteroatoms. The lowest BCUT2D eigenvalue weighted by Crippen LogP contribution is -2.45. The Morgan fingerprint density at radius 3 is 1.45 bits per heavy atom. The third-order valence-corrected chi connectivity index (χ3v) is 6.65. The van der Waals surface area contributed by atoms with Gasteiger partial charge in [0.15, 0.2) is 0 Å². The van der Waals surface area contributed by atoms with E-state index in [-0.39, 0.29) is 0 Å². The number of nitrogens with zero attached hydrogens (tertiary/aromatic N) is 4. The van der Waals surface area contributed by atoms with Crippen LogP contribution in [0.4, 0.5) is 0 Å². The van der Waals surface area contributed by atoms with E-state index in [1.54, 1.807) is 0 Å². The molecular formula is C26H56N4O. The Balaban J connectivity index is 0.000000233. The number of piperidine rings is 1. The molecule has 0 atom stereocenters. The standard InChI is InChI=1S/C9H20N2.C9H19N.C8H17NO/c1-9(2)8-11-6-4-10(3)5-7-11;1-8(2)9-4-6-10(3)7-5-9;1-8(2)7-9-3-5-10-6-4-9/h9H,4-8H2,1-3H3;8-9H,4-7H2,1-3H3;8H,3-7H2,1-2H3. The van der Waals surface area contributed by atoms with Crippen molar-refractivity contribution < 1.29 is 4.74 Å². The molecule has 5 nitrogen and oxygen atoms in total. The summed E-state index contributed by atoms with van der Waals surface area (Å²) in [5, 5.41) is 0. The van der Waals surface area contributed by atoms with Crippen molar-refractivity contribution in [3.8, 4) is 0 Å². The molecule has 0 N–H and O–H groups in total. The zero-order chi connectivity index (χ0) is 23.2. The smallest absolute Gasteiger partial charge is 0.0594 e. The van der Waals surface area contributed by atoms with Crippen LogP contribution in [0.25, 0.3) is 0 Å². The Hall–Kier alpha value is -0.200. The summed E-state index contributed by atoms with van der Waals surface area (Å²) in [6.07, 6.45) is 2.82. The SMILES string of the molecule is CC(C)C1CCN(C)CC1.CC(C)CN1CCN(C)CC1.CC(C)CN1CCOCC1. The number of hydrogen-bond acceptors (Lipinski definition) is 5. The number of hydrogen-bond donors (Lipinski definition) is 0. The average Bonchev–Trinajstić information content (AvgIpc) is 2.71. The minimum absolute atomic E-state index is 0.790. The first-order valence-electron chi connectivity index (χ1n) is 13.1. The van der Waals surface area contributed by atoms with Crippen molar-refractivity contribution in [3.63, 3.8) is 0 Å². The van der Waals surface area contributed by atoms with Gasteiger partial charge in [0, 0.05) is 52.4 Å². The molecule has 0 aliphatic carbocycles. The van der Waals surface area contributed by atoms with Gasteiger partial charge in [-0.25, -0.2) is 0 Å². The highest BCUT2D eigenvalue weighted by atomic mass is 16.5. The predicted molar refractivity (Wildman–Crippen MR) is 136 cm³/mol. The molecule has 3 rings (SSSR count). The third-order valence-electron chi connectivity index (χ3n) is 6.65. The summed E-state index contributed by atoms with van der Waals surface area (Å²) < 4.78 is 5.24. The molecule has 3 saturated heterocycles. The highest BCUT2D eigenvalue weighted by molar-refractivity contribution is 4.72. The van der Waals surface area contributed by atoms with E-state index in [2.05, 4.69) is 75.2 Å². The lowest BCUT2D eigenvalue weighted by atomic mass is 9.87. The number of likely N-dealkylation sites (tertiary alicyclic amines) is 1. The summed E-state index contributed by atoms with van der Waals surface area (Å²) in [7, 11) is 4.42. The molecule has 0 unspecified atom stereocenters. The lowest BCUT2D eigenvalue weighted by Gasteiger charge is -2.33. The minimum atomic E-state index is 0.790. The minimum Gasteiger partial charge on any atom is -0.379 e. The molecule has 3 aliphatic heterocycles. The van der Waals surface area contributed by atoms with E-state index in [9.17, 15) is 0 Å². The molecule has 3 fully saturated rings. The fourth-order valence-corrected chi connectivity index (χ4v) is 4.54. The van der Waals surface area contributed by atoms with Gasteiger partial charge in [-0.2, -0.15) is 0 Å². The first-order chi connectivity index (χ1) is 14.7. The van der Waals surface area contributed by atoms with E-state index in [0.29, 0.717) is 0 Å². The maximum Gasteiger partial charge on any atom is 0.0594 e. The number of piperazine rings is 1. The molecule has 0 aromatic heterocycles. The summed E-state index contributed by atoms with van der Waals surface area (Å²) in [6, 6.07) is 0. The van der Waals surface area contributed by atoms with Crippen LogP contribution in [-0.4, -0.2) is 112 Å². The first-order valence-corrected chi connectivity index (χ1v) is 13.1. The fraction of sp³-hybridized carbons (Fsp3) is 1.00. The van der Waals surface area contributed by atoms with Crippen LogP contribution in [0.5, 0.6) is 0 Å². The molecular weight excluding hydrogens is 384 g/mol. The molecule has 0 amide bonds. The quantitative estimate of drug-likeness (QED) is 0.646. The average molecular weight is 441 g/mol. The van der Waals surface area contributed by atoms with Crippen molar-refractivity contribution in [2.45, 2.75) is 54.4 Å². The van der Waals surface area contributed by atoms with Crippen LogP contribution < -0.4 is 0 Å². The molecule has 0 saturated carbocycles. The van der Waals surface area contributed by atoms with Gasteiger partial charge in [-0.15, -0.1) is 0 Å². The van der Waals surface area contributed by atoms with Crippen LogP contribution in [0.1, 0.15) is 54.4 Å². The van der Waals surface area contributed by atoms with E-state index in [1.807, 2.05) is 0 Å². The van der Waals surface area contributed by atoms with Crippen LogP contribution in [-0.2, 0) is 4.74 Å². The monoisotopic (exact) mass is 440 g/mol. The second-order valence-electron chi connectivity index (χ2n) is 11.2. The van der Waals surface area contributed by atoms with Crippen molar-refractivity contribution in [2.75, 3.05) is 92.8 Å². The Morgan fingerprint density at radius 1 is 0.613 bits per heavy atom. The van der Waals surface area contributed by atoms with Crippen molar-refractivity contribution in [3.05, 3.63) is 0 Å². The zero-order valence-corrected chi connectivity index (χ0v) is 22.4. The van der Waals surface area contributed by atoms with Crippen molar-refractivity contribution in [1.29, 1.82) is 0 Å². The lowest BCUT2D eigenvalue weighted by molar-refractivity contribution is 0.0329. The van der Waals surface area contributed by atoms with Crippen LogP contribution in [0.2, 0.25) is 0 Å². The summed E-state index contributed by atoms with van der Waals surface area (Å²) in [5.41, 5.74) is 0. The van der Waals surface area contributed by atoms with E-state index in [4.69, 9.17) is 4.74 Å². The molecule has 186 valence electrons. The Bertz CT molecular complexity index is 408. The van der Waals surface area contributed by atoms with Gasteiger partial charge in [-0.05, 0) is 63.7 Å². The normalized spacial score (nSPS) is 22.9. The van der Waals surface area contributed by atoms with Crippen LogP contribution in [0.3, 0.4) is 0 Å². The molecule has 0 radical (unpaired) electrons. The van der Waals surface area contributed by atoms with E-state index in [0.717, 1.165) is 50.0 Å². The van der Waals surface area contributed by atoms with Gasteiger partial charge in [0.2, 0.25) is 0 Å². The molecule has 0 aromatic rings.